The lowest BCUT2D eigenvalue weighted by atomic mass is 10.1. The van der Waals surface area contributed by atoms with Crippen LogP contribution in [0.25, 0.3) is 0 Å². The number of aryl methyl sites for hydroxylation is 1. The summed E-state index contributed by atoms with van der Waals surface area (Å²) in [5, 5.41) is 2.79. The number of rotatable bonds is 5. The zero-order valence-electron chi connectivity index (χ0n) is 9.07. The minimum absolute atomic E-state index is 0.0805. The lowest BCUT2D eigenvalue weighted by Crippen LogP contribution is -2.38. The van der Waals surface area contributed by atoms with E-state index in [9.17, 15) is 4.79 Å². The SMILES string of the molecule is C[C@H](N)C(=O)NCCCc1ccccc1. The number of benzene rings is 1. The predicted octanol–water partition coefficient (Wildman–Crippen LogP) is 1.08. The number of hydrogen-bond donors (Lipinski definition) is 2. The van der Waals surface area contributed by atoms with E-state index in [0.29, 0.717) is 6.54 Å². The summed E-state index contributed by atoms with van der Waals surface area (Å²) in [7, 11) is 0. The quantitative estimate of drug-likeness (QED) is 0.708. The average Bonchev–Trinajstić information content (AvgIpc) is 2.25. The first-order valence-corrected chi connectivity index (χ1v) is 5.27. The third-order valence-electron chi connectivity index (χ3n) is 2.20. The largest absolute Gasteiger partial charge is 0.355 e. The van der Waals surface area contributed by atoms with Crippen molar-refractivity contribution in [1.29, 1.82) is 0 Å². The van der Waals surface area contributed by atoms with Gasteiger partial charge in [-0.05, 0) is 25.3 Å². The van der Waals surface area contributed by atoms with Gasteiger partial charge in [-0.1, -0.05) is 30.3 Å². The zero-order chi connectivity index (χ0) is 11.1. The van der Waals surface area contributed by atoms with Crippen LogP contribution in [0, 0.1) is 0 Å². The summed E-state index contributed by atoms with van der Waals surface area (Å²) in [6, 6.07) is 9.81. The van der Waals surface area contributed by atoms with Gasteiger partial charge < -0.3 is 11.1 Å². The maximum Gasteiger partial charge on any atom is 0.236 e. The van der Waals surface area contributed by atoms with Gasteiger partial charge in [-0.2, -0.15) is 0 Å². The molecule has 3 nitrogen and oxygen atoms in total. The Morgan fingerprint density at radius 1 is 1.40 bits per heavy atom. The van der Waals surface area contributed by atoms with E-state index in [4.69, 9.17) is 5.73 Å². The summed E-state index contributed by atoms with van der Waals surface area (Å²) in [5.74, 6) is -0.0805. The average molecular weight is 206 g/mol. The molecule has 0 aliphatic heterocycles. The zero-order valence-corrected chi connectivity index (χ0v) is 9.07. The van der Waals surface area contributed by atoms with E-state index < -0.39 is 6.04 Å². The molecular weight excluding hydrogens is 188 g/mol. The maximum atomic E-state index is 11.1. The van der Waals surface area contributed by atoms with Crippen LogP contribution in [0.1, 0.15) is 18.9 Å². The van der Waals surface area contributed by atoms with Crippen molar-refractivity contribution in [3.05, 3.63) is 35.9 Å². The molecule has 3 N–H and O–H groups in total. The standard InChI is InChI=1S/C12H18N2O/c1-10(13)12(15)14-9-5-8-11-6-3-2-4-7-11/h2-4,6-7,10H,5,8-9,13H2,1H3,(H,14,15)/t10-/m0/s1. The number of amides is 1. The highest BCUT2D eigenvalue weighted by Gasteiger charge is 2.04. The summed E-state index contributed by atoms with van der Waals surface area (Å²) in [6.45, 7) is 2.38. The fourth-order valence-corrected chi connectivity index (χ4v) is 1.31. The molecule has 3 heteroatoms. The molecule has 1 rings (SSSR count). The molecule has 1 aromatic carbocycles. The van der Waals surface area contributed by atoms with Gasteiger partial charge in [0.15, 0.2) is 0 Å². The molecule has 0 radical (unpaired) electrons. The van der Waals surface area contributed by atoms with Crippen LogP contribution < -0.4 is 11.1 Å². The Morgan fingerprint density at radius 3 is 2.67 bits per heavy atom. The maximum absolute atomic E-state index is 11.1. The lowest BCUT2D eigenvalue weighted by Gasteiger charge is -2.07. The molecule has 82 valence electrons. The van der Waals surface area contributed by atoms with Crippen molar-refractivity contribution >= 4 is 5.91 Å². The highest BCUT2D eigenvalue weighted by molar-refractivity contribution is 5.80. The van der Waals surface area contributed by atoms with E-state index in [1.807, 2.05) is 18.2 Å². The number of nitrogens with two attached hydrogens (primary N) is 1. The van der Waals surface area contributed by atoms with E-state index >= 15 is 0 Å². The third kappa shape index (κ3) is 4.61. The van der Waals surface area contributed by atoms with Crippen LogP contribution in [0.4, 0.5) is 0 Å². The molecular formula is C12H18N2O. The summed E-state index contributed by atoms with van der Waals surface area (Å²) in [4.78, 5) is 11.1. The molecule has 0 spiro atoms. The number of hydrogen-bond acceptors (Lipinski definition) is 2. The summed E-state index contributed by atoms with van der Waals surface area (Å²) >= 11 is 0. The van der Waals surface area contributed by atoms with Crippen molar-refractivity contribution in [2.75, 3.05) is 6.54 Å². The molecule has 0 saturated heterocycles. The fourth-order valence-electron chi connectivity index (χ4n) is 1.31. The third-order valence-corrected chi connectivity index (χ3v) is 2.20. The molecule has 15 heavy (non-hydrogen) atoms. The van der Waals surface area contributed by atoms with E-state index in [2.05, 4.69) is 17.4 Å². The summed E-state index contributed by atoms with van der Waals surface area (Å²) in [5.41, 5.74) is 6.72. The summed E-state index contributed by atoms with van der Waals surface area (Å²) in [6.07, 6.45) is 1.93. The fraction of sp³-hybridized carbons (Fsp3) is 0.417. The van der Waals surface area contributed by atoms with Gasteiger partial charge in [-0.15, -0.1) is 0 Å². The first kappa shape index (κ1) is 11.7. The number of carbonyl (C=O) groups excluding carboxylic acids is 1. The van der Waals surface area contributed by atoms with Crippen LogP contribution in [-0.2, 0) is 11.2 Å². The van der Waals surface area contributed by atoms with E-state index in [-0.39, 0.29) is 5.91 Å². The Bertz CT molecular complexity index is 296. The van der Waals surface area contributed by atoms with Crippen molar-refractivity contribution in [1.82, 2.24) is 5.32 Å². The minimum atomic E-state index is -0.415. The smallest absolute Gasteiger partial charge is 0.236 e. The second kappa shape index (κ2) is 6.19. The molecule has 1 aromatic rings. The number of nitrogens with one attached hydrogen (secondary N) is 1. The Labute approximate surface area is 90.7 Å². The second-order valence-corrected chi connectivity index (χ2v) is 3.67. The first-order chi connectivity index (χ1) is 7.20. The van der Waals surface area contributed by atoms with Crippen LogP contribution in [0.5, 0.6) is 0 Å². The Kier molecular flexibility index (Phi) is 4.84. The van der Waals surface area contributed by atoms with Crippen molar-refractivity contribution in [2.24, 2.45) is 5.73 Å². The molecule has 0 aliphatic rings. The van der Waals surface area contributed by atoms with Gasteiger partial charge in [-0.25, -0.2) is 0 Å². The minimum Gasteiger partial charge on any atom is -0.355 e. The van der Waals surface area contributed by atoms with Crippen molar-refractivity contribution in [2.45, 2.75) is 25.8 Å². The van der Waals surface area contributed by atoms with Crippen LogP contribution >= 0.6 is 0 Å². The number of carbonyl (C=O) groups is 1. The Morgan fingerprint density at radius 2 is 2.07 bits per heavy atom. The molecule has 1 atom stereocenters. The van der Waals surface area contributed by atoms with Crippen molar-refractivity contribution in [3.63, 3.8) is 0 Å². The van der Waals surface area contributed by atoms with E-state index in [0.717, 1.165) is 12.8 Å². The Hall–Kier alpha value is -1.35. The van der Waals surface area contributed by atoms with E-state index in [1.54, 1.807) is 6.92 Å². The second-order valence-electron chi connectivity index (χ2n) is 3.67. The molecule has 0 aliphatic carbocycles. The van der Waals surface area contributed by atoms with Crippen LogP contribution in [-0.4, -0.2) is 18.5 Å². The highest BCUT2D eigenvalue weighted by atomic mass is 16.2. The Balaban J connectivity index is 2.15. The van der Waals surface area contributed by atoms with Gasteiger partial charge in [0.25, 0.3) is 0 Å². The topological polar surface area (TPSA) is 55.1 Å². The van der Waals surface area contributed by atoms with Crippen molar-refractivity contribution < 1.29 is 4.79 Å². The molecule has 0 bridgehead atoms. The first-order valence-electron chi connectivity index (χ1n) is 5.27. The van der Waals surface area contributed by atoms with Crippen LogP contribution in [0.2, 0.25) is 0 Å². The summed E-state index contributed by atoms with van der Waals surface area (Å²) < 4.78 is 0. The monoisotopic (exact) mass is 206 g/mol. The molecule has 0 unspecified atom stereocenters. The van der Waals surface area contributed by atoms with Gasteiger partial charge in [0.2, 0.25) is 5.91 Å². The van der Waals surface area contributed by atoms with E-state index in [1.165, 1.54) is 5.56 Å². The molecule has 0 aromatic heterocycles. The normalized spacial score (nSPS) is 12.1. The lowest BCUT2D eigenvalue weighted by molar-refractivity contribution is -0.121. The van der Waals surface area contributed by atoms with Crippen LogP contribution in [0.3, 0.4) is 0 Å². The van der Waals surface area contributed by atoms with Gasteiger partial charge >= 0.3 is 0 Å². The van der Waals surface area contributed by atoms with Gasteiger partial charge in [-0.3, -0.25) is 4.79 Å². The van der Waals surface area contributed by atoms with Gasteiger partial charge in [0, 0.05) is 6.54 Å². The van der Waals surface area contributed by atoms with Crippen molar-refractivity contribution in [3.8, 4) is 0 Å². The molecule has 0 fully saturated rings. The predicted molar refractivity (Wildman–Crippen MR) is 61.4 cm³/mol. The molecule has 0 heterocycles. The van der Waals surface area contributed by atoms with Gasteiger partial charge in [0.05, 0.1) is 6.04 Å². The van der Waals surface area contributed by atoms with Gasteiger partial charge in [0.1, 0.15) is 0 Å². The molecule has 1 amide bonds. The van der Waals surface area contributed by atoms with Crippen LogP contribution in [0.15, 0.2) is 30.3 Å². The highest BCUT2D eigenvalue weighted by Crippen LogP contribution is 2.01. The molecule has 0 saturated carbocycles.